The van der Waals surface area contributed by atoms with Crippen LogP contribution in [0.25, 0.3) is 0 Å². The Kier molecular flexibility index (Phi) is 4.41. The van der Waals surface area contributed by atoms with Crippen LogP contribution in [0.4, 0.5) is 0 Å². The molecule has 5 nitrogen and oxygen atoms in total. The number of fused-ring (bicyclic) bond motifs is 1. The van der Waals surface area contributed by atoms with Gasteiger partial charge in [0.05, 0.1) is 4.99 Å². The lowest BCUT2D eigenvalue weighted by molar-refractivity contribution is -0.148. The third-order valence-corrected chi connectivity index (χ3v) is 5.57. The maximum atomic E-state index is 12.3. The molecule has 3 rings (SSSR count). The summed E-state index contributed by atoms with van der Waals surface area (Å²) >= 11 is 6.91. The van der Waals surface area contributed by atoms with Crippen LogP contribution < -0.4 is 5.32 Å². The molecule has 1 fully saturated rings. The Balaban J connectivity index is 1.67. The first-order valence-corrected chi connectivity index (χ1v) is 8.65. The van der Waals surface area contributed by atoms with E-state index in [0.717, 1.165) is 11.1 Å². The third kappa shape index (κ3) is 2.98. The van der Waals surface area contributed by atoms with E-state index in [-0.39, 0.29) is 17.0 Å². The monoisotopic (exact) mass is 348 g/mol. The smallest absolute Gasteiger partial charge is 0.352 e. The number of thiocarbonyl (C=S) groups is 1. The first-order valence-electron chi connectivity index (χ1n) is 7.20. The summed E-state index contributed by atoms with van der Waals surface area (Å²) in [5, 5.41) is 12.2. The molecule has 0 saturated carbocycles. The number of nitrogens with one attached hydrogen (secondary N) is 1. The summed E-state index contributed by atoms with van der Waals surface area (Å²) in [5.41, 5.74) is 1.91. The molecule has 1 aromatic carbocycles. The molecule has 2 heterocycles. The van der Waals surface area contributed by atoms with Crippen molar-refractivity contribution in [3.8, 4) is 0 Å². The highest BCUT2D eigenvalue weighted by Crippen LogP contribution is 2.40. The molecule has 23 heavy (non-hydrogen) atoms. The fraction of sp³-hybridized carbons (Fsp3) is 0.312. The Bertz CT molecular complexity index is 703. The lowest BCUT2D eigenvalue weighted by Crippen LogP contribution is -2.70. The number of carboxylic acid groups (broad SMARTS) is 1. The first-order chi connectivity index (χ1) is 11.0. The van der Waals surface area contributed by atoms with Gasteiger partial charge in [-0.1, -0.05) is 42.5 Å². The number of benzene rings is 1. The molecule has 0 aliphatic carbocycles. The van der Waals surface area contributed by atoms with Crippen LogP contribution in [0.3, 0.4) is 0 Å². The van der Waals surface area contributed by atoms with Crippen molar-refractivity contribution < 1.29 is 14.7 Å². The Morgan fingerprint density at radius 1 is 1.43 bits per heavy atom. The Hall–Kier alpha value is -1.86. The van der Waals surface area contributed by atoms with Crippen molar-refractivity contribution in [1.82, 2.24) is 10.2 Å². The zero-order chi connectivity index (χ0) is 16.6. The maximum absolute atomic E-state index is 12.3. The quantitative estimate of drug-likeness (QED) is 0.639. The van der Waals surface area contributed by atoms with Gasteiger partial charge in [-0.3, -0.25) is 9.69 Å². The molecule has 0 bridgehead atoms. The summed E-state index contributed by atoms with van der Waals surface area (Å²) in [4.78, 5) is 25.7. The maximum Gasteiger partial charge on any atom is 0.352 e. The van der Waals surface area contributed by atoms with Crippen molar-refractivity contribution in [2.75, 3.05) is 5.75 Å². The van der Waals surface area contributed by atoms with Crippen LogP contribution in [-0.4, -0.2) is 44.0 Å². The van der Waals surface area contributed by atoms with E-state index >= 15 is 0 Å². The lowest BCUT2D eigenvalue weighted by Gasteiger charge is -2.49. The topological polar surface area (TPSA) is 69.6 Å². The first kappa shape index (κ1) is 16.0. The van der Waals surface area contributed by atoms with E-state index in [0.29, 0.717) is 17.2 Å². The highest BCUT2D eigenvalue weighted by Gasteiger charge is 2.53. The van der Waals surface area contributed by atoms with E-state index in [9.17, 15) is 14.7 Å². The zero-order valence-electron chi connectivity index (χ0n) is 12.5. The number of hydrogen-bond acceptors (Lipinski definition) is 4. The zero-order valence-corrected chi connectivity index (χ0v) is 14.1. The second-order valence-electron chi connectivity index (χ2n) is 5.55. The molecule has 1 unspecified atom stereocenters. The number of rotatable bonds is 4. The van der Waals surface area contributed by atoms with Gasteiger partial charge in [-0.25, -0.2) is 4.79 Å². The van der Waals surface area contributed by atoms with Crippen LogP contribution in [0, 0.1) is 0 Å². The number of carboxylic acids is 1. The van der Waals surface area contributed by atoms with E-state index < -0.39 is 12.0 Å². The summed E-state index contributed by atoms with van der Waals surface area (Å²) in [6.45, 7) is 1.75. The molecular formula is C16H16N2O3S2. The highest BCUT2D eigenvalue weighted by atomic mass is 32.2. The van der Waals surface area contributed by atoms with Gasteiger partial charge in [-0.2, -0.15) is 0 Å². The molecule has 7 heteroatoms. The minimum Gasteiger partial charge on any atom is -0.477 e. The van der Waals surface area contributed by atoms with E-state index in [2.05, 4.69) is 5.32 Å². The van der Waals surface area contributed by atoms with Crippen molar-refractivity contribution >= 4 is 40.8 Å². The number of amides is 1. The van der Waals surface area contributed by atoms with Gasteiger partial charge < -0.3 is 10.4 Å². The standard InChI is InChI=1S/C16H16N2O3S2/c1-9-8-23-15-12(14(19)18(15)13(9)16(20)21)17-11(22)7-10-5-3-2-4-6-10/h2-6,12,15H,7-8H2,1H3,(H,17,22)(H,20,21)/t12?,15-/m1/s1. The predicted octanol–water partition coefficient (Wildman–Crippen LogP) is 1.79. The molecule has 0 aromatic heterocycles. The van der Waals surface area contributed by atoms with Crippen molar-refractivity contribution in [3.05, 3.63) is 47.2 Å². The number of hydrogen-bond donors (Lipinski definition) is 2. The molecule has 120 valence electrons. The number of thioether (sulfide) groups is 1. The predicted molar refractivity (Wildman–Crippen MR) is 93.1 cm³/mol. The summed E-state index contributed by atoms with van der Waals surface area (Å²) in [5.74, 6) is -0.666. The normalized spacial score (nSPS) is 23.2. The van der Waals surface area contributed by atoms with Crippen molar-refractivity contribution in [2.45, 2.75) is 24.8 Å². The van der Waals surface area contributed by atoms with Crippen LogP contribution in [0.5, 0.6) is 0 Å². The average molecular weight is 348 g/mol. The minimum atomic E-state index is -1.05. The molecule has 2 aliphatic heterocycles. The van der Waals surface area contributed by atoms with Gasteiger partial charge in [0.25, 0.3) is 5.91 Å². The summed E-state index contributed by atoms with van der Waals surface area (Å²) in [6, 6.07) is 9.34. The van der Waals surface area contributed by atoms with Crippen LogP contribution in [0.15, 0.2) is 41.6 Å². The molecule has 1 aromatic rings. The number of nitrogens with zero attached hydrogens (tertiary/aromatic N) is 1. The number of aliphatic carboxylic acids is 1. The van der Waals surface area contributed by atoms with Gasteiger partial charge in [0.2, 0.25) is 0 Å². The minimum absolute atomic E-state index is 0.116. The van der Waals surface area contributed by atoms with Crippen LogP contribution in [0.2, 0.25) is 0 Å². The van der Waals surface area contributed by atoms with Crippen molar-refractivity contribution in [2.24, 2.45) is 0 Å². The van der Waals surface area contributed by atoms with Gasteiger partial charge >= 0.3 is 5.97 Å². The molecule has 1 saturated heterocycles. The summed E-state index contributed by atoms with van der Waals surface area (Å²) < 4.78 is 0. The van der Waals surface area contributed by atoms with Gasteiger partial charge in [0.1, 0.15) is 17.1 Å². The van der Waals surface area contributed by atoms with E-state index in [4.69, 9.17) is 12.2 Å². The van der Waals surface area contributed by atoms with E-state index in [1.54, 1.807) is 18.7 Å². The Labute approximate surface area is 143 Å². The molecule has 2 N–H and O–H groups in total. The summed E-state index contributed by atoms with van der Waals surface area (Å²) in [7, 11) is 0. The van der Waals surface area contributed by atoms with Gasteiger partial charge in [0, 0.05) is 12.2 Å². The van der Waals surface area contributed by atoms with Gasteiger partial charge in [-0.05, 0) is 18.1 Å². The largest absolute Gasteiger partial charge is 0.477 e. The molecule has 2 aliphatic rings. The second kappa shape index (κ2) is 6.33. The SMILES string of the molecule is CC1=C(C(=O)O)N2C(=O)C(NC(=S)Cc3ccccc3)[C@H]2SC1. The highest BCUT2D eigenvalue weighted by molar-refractivity contribution is 8.00. The second-order valence-corrected chi connectivity index (χ2v) is 7.15. The number of carbonyl (C=O) groups excluding carboxylic acids is 1. The lowest BCUT2D eigenvalue weighted by atomic mass is 10.0. The van der Waals surface area contributed by atoms with Crippen LogP contribution in [0.1, 0.15) is 12.5 Å². The molecular weight excluding hydrogens is 332 g/mol. The van der Waals surface area contributed by atoms with Gasteiger partial charge in [-0.15, -0.1) is 11.8 Å². The molecule has 1 amide bonds. The molecule has 0 spiro atoms. The number of carbonyl (C=O) groups is 2. The molecule has 2 atom stereocenters. The number of β-lactam (4-membered cyclic amide) rings is 1. The summed E-state index contributed by atoms with van der Waals surface area (Å²) in [6.07, 6.45) is 0.567. The van der Waals surface area contributed by atoms with E-state index in [1.165, 1.54) is 4.90 Å². The van der Waals surface area contributed by atoms with E-state index in [1.807, 2.05) is 30.3 Å². The third-order valence-electron chi connectivity index (χ3n) is 3.89. The van der Waals surface area contributed by atoms with Crippen LogP contribution in [-0.2, 0) is 16.0 Å². The van der Waals surface area contributed by atoms with Crippen molar-refractivity contribution in [3.63, 3.8) is 0 Å². The fourth-order valence-corrected chi connectivity index (χ4v) is 4.37. The molecule has 0 radical (unpaired) electrons. The van der Waals surface area contributed by atoms with Gasteiger partial charge in [0.15, 0.2) is 0 Å². The average Bonchev–Trinajstić information content (AvgIpc) is 2.53. The van der Waals surface area contributed by atoms with Crippen LogP contribution >= 0.6 is 24.0 Å². The Morgan fingerprint density at radius 3 is 2.78 bits per heavy atom. The van der Waals surface area contributed by atoms with Crippen molar-refractivity contribution in [1.29, 1.82) is 0 Å². The fourth-order valence-electron chi connectivity index (χ4n) is 2.78. The Morgan fingerprint density at radius 2 is 2.13 bits per heavy atom.